The highest BCUT2D eigenvalue weighted by atomic mass is 16.3. The fourth-order valence-electron chi connectivity index (χ4n) is 3.94. The number of aryl methyl sites for hydroxylation is 1. The predicted molar refractivity (Wildman–Crippen MR) is 78.9 cm³/mol. The molecule has 0 amide bonds. The molecule has 0 spiro atoms. The number of imidazole rings is 1. The molecule has 1 N–H and O–H groups in total. The van der Waals surface area contributed by atoms with Gasteiger partial charge in [-0.1, -0.05) is 24.3 Å². The van der Waals surface area contributed by atoms with Gasteiger partial charge in [-0.2, -0.15) is 0 Å². The largest absolute Gasteiger partial charge is 0.385 e. The van der Waals surface area contributed by atoms with Crippen molar-refractivity contribution in [3.63, 3.8) is 0 Å². The van der Waals surface area contributed by atoms with Crippen LogP contribution in [-0.4, -0.2) is 29.4 Å². The van der Waals surface area contributed by atoms with Gasteiger partial charge in [0, 0.05) is 18.0 Å². The minimum atomic E-state index is -0.609. The molecule has 3 aromatic rings. The quantitative estimate of drug-likeness (QED) is 0.743. The summed E-state index contributed by atoms with van der Waals surface area (Å²) in [6, 6.07) is 8.49. The molecule has 0 aliphatic carbocycles. The van der Waals surface area contributed by atoms with E-state index in [4.69, 9.17) is 0 Å². The fourth-order valence-corrected chi connectivity index (χ4v) is 3.94. The van der Waals surface area contributed by atoms with E-state index < -0.39 is 6.10 Å². The topological polar surface area (TPSA) is 68.8 Å². The van der Waals surface area contributed by atoms with Crippen LogP contribution in [0.15, 0.2) is 43.1 Å². The molecular weight excluding hydrogens is 278 g/mol. The van der Waals surface area contributed by atoms with Crippen molar-refractivity contribution in [3.05, 3.63) is 54.5 Å². The van der Waals surface area contributed by atoms with Crippen molar-refractivity contribution in [2.45, 2.75) is 25.1 Å². The number of nitrogens with zero attached hydrogens (tertiary/aromatic N) is 5. The summed E-state index contributed by atoms with van der Waals surface area (Å²) in [5.41, 5.74) is 3.60. The van der Waals surface area contributed by atoms with Gasteiger partial charge in [-0.05, 0) is 12.0 Å². The molecule has 0 fully saturated rings. The van der Waals surface area contributed by atoms with E-state index in [2.05, 4.69) is 37.9 Å². The molecule has 1 aromatic carbocycles. The van der Waals surface area contributed by atoms with E-state index in [9.17, 15) is 5.11 Å². The molecule has 0 saturated heterocycles. The normalized spacial score (nSPS) is 25.6. The molecule has 0 saturated carbocycles. The van der Waals surface area contributed by atoms with Crippen LogP contribution in [0.1, 0.15) is 30.0 Å². The number of rotatable bonds is 1. The Balaban J connectivity index is 1.65. The Kier molecular flexibility index (Phi) is 2.35. The van der Waals surface area contributed by atoms with Crippen LogP contribution in [0.5, 0.6) is 0 Å². The Hall–Kier alpha value is -2.47. The Bertz CT molecular complexity index is 852. The molecule has 6 heteroatoms. The van der Waals surface area contributed by atoms with E-state index in [1.807, 2.05) is 23.2 Å². The van der Waals surface area contributed by atoms with Crippen LogP contribution >= 0.6 is 0 Å². The maximum absolute atomic E-state index is 10.8. The molecular formula is C16H15N5O. The lowest BCUT2D eigenvalue weighted by atomic mass is 9.84. The van der Waals surface area contributed by atoms with Gasteiger partial charge in [0.2, 0.25) is 0 Å². The fraction of sp³-hybridized carbons (Fsp3) is 0.312. The molecule has 22 heavy (non-hydrogen) atoms. The maximum Gasteiger partial charge on any atom is 0.162 e. The lowest BCUT2D eigenvalue weighted by Gasteiger charge is -2.33. The van der Waals surface area contributed by atoms with Gasteiger partial charge in [0.15, 0.2) is 5.82 Å². The molecule has 2 aromatic heterocycles. The third-order valence-electron chi connectivity index (χ3n) is 4.95. The van der Waals surface area contributed by atoms with Gasteiger partial charge < -0.3 is 14.2 Å². The van der Waals surface area contributed by atoms with E-state index in [-0.39, 0.29) is 12.0 Å². The van der Waals surface area contributed by atoms with Crippen molar-refractivity contribution in [1.82, 2.24) is 24.3 Å². The number of hydrogen-bond donors (Lipinski definition) is 1. The van der Waals surface area contributed by atoms with Gasteiger partial charge >= 0.3 is 0 Å². The predicted octanol–water partition coefficient (Wildman–Crippen LogP) is 1.80. The average molecular weight is 293 g/mol. The third kappa shape index (κ3) is 1.45. The van der Waals surface area contributed by atoms with Gasteiger partial charge in [-0.3, -0.25) is 0 Å². The lowest BCUT2D eigenvalue weighted by Crippen LogP contribution is -2.31. The van der Waals surface area contributed by atoms with Gasteiger partial charge in [0.1, 0.15) is 12.4 Å². The molecule has 5 rings (SSSR count). The zero-order valence-electron chi connectivity index (χ0n) is 11.9. The van der Waals surface area contributed by atoms with Crippen molar-refractivity contribution < 1.29 is 5.11 Å². The number of benzene rings is 1. The molecule has 2 aliphatic heterocycles. The maximum atomic E-state index is 10.8. The van der Waals surface area contributed by atoms with Crippen LogP contribution in [0.3, 0.4) is 0 Å². The molecule has 0 radical (unpaired) electrons. The zero-order chi connectivity index (χ0) is 14.7. The summed E-state index contributed by atoms with van der Waals surface area (Å²) >= 11 is 0. The van der Waals surface area contributed by atoms with E-state index in [0.29, 0.717) is 5.82 Å². The first kappa shape index (κ1) is 12.1. The van der Waals surface area contributed by atoms with E-state index in [1.54, 1.807) is 6.33 Å². The number of aliphatic hydroxyl groups excluding tert-OH is 1. The molecule has 110 valence electrons. The Morgan fingerprint density at radius 2 is 2.09 bits per heavy atom. The summed E-state index contributed by atoms with van der Waals surface area (Å²) in [6.07, 6.45) is 5.74. The Morgan fingerprint density at radius 1 is 1.18 bits per heavy atom. The molecule has 3 atom stereocenters. The van der Waals surface area contributed by atoms with Crippen molar-refractivity contribution >= 4 is 0 Å². The number of aromatic nitrogens is 5. The van der Waals surface area contributed by atoms with Crippen LogP contribution in [0.25, 0.3) is 11.3 Å². The first-order valence-electron chi connectivity index (χ1n) is 7.51. The van der Waals surface area contributed by atoms with Crippen molar-refractivity contribution in [2.75, 3.05) is 0 Å². The van der Waals surface area contributed by atoms with Crippen LogP contribution in [0.4, 0.5) is 0 Å². The van der Waals surface area contributed by atoms with Gasteiger partial charge in [-0.15, -0.1) is 10.2 Å². The molecule has 1 unspecified atom stereocenters. The van der Waals surface area contributed by atoms with E-state index >= 15 is 0 Å². The summed E-state index contributed by atoms with van der Waals surface area (Å²) in [7, 11) is 0. The molecule has 6 nitrogen and oxygen atoms in total. The highest BCUT2D eigenvalue weighted by Crippen LogP contribution is 2.48. The van der Waals surface area contributed by atoms with E-state index in [0.717, 1.165) is 18.7 Å². The second-order valence-electron chi connectivity index (χ2n) is 6.00. The van der Waals surface area contributed by atoms with Crippen molar-refractivity contribution in [3.8, 4) is 11.3 Å². The third-order valence-corrected chi connectivity index (χ3v) is 4.95. The van der Waals surface area contributed by atoms with Gasteiger partial charge in [-0.25, -0.2) is 4.98 Å². The second-order valence-corrected chi connectivity index (χ2v) is 6.00. The van der Waals surface area contributed by atoms with Crippen molar-refractivity contribution in [1.29, 1.82) is 0 Å². The van der Waals surface area contributed by atoms with E-state index in [1.165, 1.54) is 11.1 Å². The van der Waals surface area contributed by atoms with Crippen molar-refractivity contribution in [2.24, 2.45) is 5.92 Å². The Labute approximate surface area is 127 Å². The molecule has 2 aliphatic rings. The minimum absolute atomic E-state index is 0.0771. The summed E-state index contributed by atoms with van der Waals surface area (Å²) in [5, 5.41) is 18.8. The van der Waals surface area contributed by atoms with Crippen LogP contribution < -0.4 is 0 Å². The number of fused-ring (bicyclic) bond motifs is 4. The van der Waals surface area contributed by atoms with Gasteiger partial charge in [0.25, 0.3) is 0 Å². The molecule has 0 bridgehead atoms. The standard InChI is InChI=1S/C16H15N5O/c22-15-12(5-6-20-9-18-19-16(15)20)14-11-4-2-1-3-10(11)13-7-17-8-21(13)14/h1-4,7-9,12,14-15,22H,5-6H2/t12-,14?,15-/m1/s1. The first-order chi connectivity index (χ1) is 10.8. The average Bonchev–Trinajstić information content (AvgIpc) is 3.23. The van der Waals surface area contributed by atoms with Crippen LogP contribution in [0, 0.1) is 5.92 Å². The monoisotopic (exact) mass is 293 g/mol. The van der Waals surface area contributed by atoms with Gasteiger partial charge in [0.05, 0.1) is 24.3 Å². The number of hydrogen-bond acceptors (Lipinski definition) is 4. The summed E-state index contributed by atoms with van der Waals surface area (Å²) in [4.78, 5) is 4.30. The number of aliphatic hydroxyl groups is 1. The SMILES string of the molecule is O[C@H]1c2nncn2CC[C@@H]1C1c2ccccc2-c2cncn21. The highest BCUT2D eigenvalue weighted by molar-refractivity contribution is 5.69. The highest BCUT2D eigenvalue weighted by Gasteiger charge is 2.41. The summed E-state index contributed by atoms with van der Waals surface area (Å²) in [5.74, 6) is 0.746. The second kappa shape index (κ2) is 4.27. The summed E-state index contributed by atoms with van der Waals surface area (Å²) in [6.45, 7) is 0.840. The minimum Gasteiger partial charge on any atom is -0.385 e. The summed E-state index contributed by atoms with van der Waals surface area (Å²) < 4.78 is 4.13. The molecule has 4 heterocycles. The Morgan fingerprint density at radius 3 is 3.05 bits per heavy atom. The smallest absolute Gasteiger partial charge is 0.162 e. The lowest BCUT2D eigenvalue weighted by molar-refractivity contribution is 0.0512. The zero-order valence-corrected chi connectivity index (χ0v) is 11.9. The van der Waals surface area contributed by atoms with Crippen LogP contribution in [-0.2, 0) is 6.54 Å². The first-order valence-corrected chi connectivity index (χ1v) is 7.51. The van der Waals surface area contributed by atoms with Crippen LogP contribution in [0.2, 0.25) is 0 Å².